The van der Waals surface area contributed by atoms with Crippen molar-refractivity contribution < 1.29 is 5.11 Å². The van der Waals surface area contributed by atoms with Crippen molar-refractivity contribution in [3.8, 4) is 11.3 Å². The van der Waals surface area contributed by atoms with Crippen LogP contribution < -0.4 is 0 Å². The summed E-state index contributed by atoms with van der Waals surface area (Å²) < 4.78 is 2.24. The highest BCUT2D eigenvalue weighted by molar-refractivity contribution is 5.69. The highest BCUT2D eigenvalue weighted by atomic mass is 16.3. The molecule has 2 aliphatic heterocycles. The van der Waals surface area contributed by atoms with E-state index in [1.165, 1.54) is 16.8 Å². The van der Waals surface area contributed by atoms with E-state index in [4.69, 9.17) is 0 Å². The van der Waals surface area contributed by atoms with Crippen molar-refractivity contribution in [3.05, 3.63) is 42.4 Å². The van der Waals surface area contributed by atoms with Gasteiger partial charge < -0.3 is 14.6 Å². The van der Waals surface area contributed by atoms with Gasteiger partial charge in [0.25, 0.3) is 0 Å². The van der Waals surface area contributed by atoms with Crippen LogP contribution in [0.15, 0.2) is 36.8 Å². The number of nitrogens with zero attached hydrogens (tertiary/aromatic N) is 3. The lowest BCUT2D eigenvalue weighted by atomic mass is 9.83. The number of rotatable bonds is 1. The van der Waals surface area contributed by atoms with Gasteiger partial charge in [0.1, 0.15) is 0 Å². The lowest BCUT2D eigenvalue weighted by molar-refractivity contribution is 0.0166. The van der Waals surface area contributed by atoms with Crippen molar-refractivity contribution in [1.82, 2.24) is 14.5 Å². The fraction of sp³-hybridized carbons (Fsp3) is 0.438. The van der Waals surface area contributed by atoms with Gasteiger partial charge in [-0.1, -0.05) is 24.3 Å². The van der Waals surface area contributed by atoms with Crippen LogP contribution >= 0.6 is 0 Å². The molecule has 4 nitrogen and oxygen atoms in total. The zero-order valence-corrected chi connectivity index (χ0v) is 11.6. The van der Waals surface area contributed by atoms with Crippen LogP contribution in [0, 0.1) is 5.92 Å². The molecule has 1 aromatic carbocycles. The molecule has 0 aliphatic carbocycles. The van der Waals surface area contributed by atoms with E-state index in [0.717, 1.165) is 19.5 Å². The molecule has 0 amide bonds. The lowest BCUT2D eigenvalue weighted by Crippen LogP contribution is -2.44. The molecule has 0 saturated carbocycles. The average molecular weight is 269 g/mol. The Morgan fingerprint density at radius 3 is 3.00 bits per heavy atom. The van der Waals surface area contributed by atoms with Gasteiger partial charge in [0.15, 0.2) is 0 Å². The Bertz CT molecular complexity index is 636. The number of likely N-dealkylation sites (tertiary alicyclic amines) is 1. The maximum Gasteiger partial charge on any atom is 0.0956 e. The average Bonchev–Trinajstić information content (AvgIpc) is 3.00. The smallest absolute Gasteiger partial charge is 0.0956 e. The first-order valence-electron chi connectivity index (χ1n) is 7.23. The minimum absolute atomic E-state index is 0.229. The van der Waals surface area contributed by atoms with Gasteiger partial charge >= 0.3 is 0 Å². The fourth-order valence-corrected chi connectivity index (χ4v) is 3.79. The Morgan fingerprint density at radius 2 is 2.15 bits per heavy atom. The number of aliphatic hydroxyl groups excluding tert-OH is 1. The highest BCUT2D eigenvalue weighted by Gasteiger charge is 2.39. The lowest BCUT2D eigenvalue weighted by Gasteiger charge is -2.37. The van der Waals surface area contributed by atoms with Crippen LogP contribution in [0.25, 0.3) is 11.3 Å². The monoisotopic (exact) mass is 269 g/mol. The zero-order chi connectivity index (χ0) is 13.7. The van der Waals surface area contributed by atoms with Gasteiger partial charge in [0, 0.05) is 18.0 Å². The molecule has 2 aromatic rings. The number of piperidine rings is 1. The minimum atomic E-state index is -0.278. The SMILES string of the molecule is CN1CC[C@H](C2c3ccccc3-c3cncn32)[C@@H](O)C1. The fourth-order valence-electron chi connectivity index (χ4n) is 3.79. The topological polar surface area (TPSA) is 41.3 Å². The molecule has 4 heteroatoms. The molecule has 0 spiro atoms. The number of hydrogen-bond donors (Lipinski definition) is 1. The van der Waals surface area contributed by atoms with E-state index < -0.39 is 0 Å². The number of β-amino-alcohol motifs (C(OH)–C–C–N with tert-alkyl or cyclic N) is 1. The summed E-state index contributed by atoms with van der Waals surface area (Å²) in [6.45, 7) is 1.80. The summed E-state index contributed by atoms with van der Waals surface area (Å²) >= 11 is 0. The van der Waals surface area contributed by atoms with E-state index in [2.05, 4.69) is 45.8 Å². The first kappa shape index (κ1) is 12.1. The summed E-state index contributed by atoms with van der Waals surface area (Å²) in [5.41, 5.74) is 3.77. The molecule has 2 aliphatic rings. The number of imidazole rings is 1. The Hall–Kier alpha value is -1.65. The Morgan fingerprint density at radius 1 is 1.30 bits per heavy atom. The van der Waals surface area contributed by atoms with Crippen molar-refractivity contribution in [2.75, 3.05) is 20.1 Å². The molecule has 1 saturated heterocycles. The third-order valence-electron chi connectivity index (χ3n) is 4.76. The van der Waals surface area contributed by atoms with Gasteiger partial charge in [-0.25, -0.2) is 4.98 Å². The van der Waals surface area contributed by atoms with Crippen LogP contribution in [0.1, 0.15) is 18.0 Å². The zero-order valence-electron chi connectivity index (χ0n) is 11.6. The van der Waals surface area contributed by atoms with Crippen LogP contribution in [0.4, 0.5) is 0 Å². The molecule has 104 valence electrons. The predicted molar refractivity (Wildman–Crippen MR) is 77.4 cm³/mol. The molecular weight excluding hydrogens is 250 g/mol. The molecule has 1 unspecified atom stereocenters. The Balaban J connectivity index is 1.79. The van der Waals surface area contributed by atoms with Crippen LogP contribution in [0.3, 0.4) is 0 Å². The first-order valence-corrected chi connectivity index (χ1v) is 7.23. The second-order valence-electron chi connectivity index (χ2n) is 6.00. The maximum absolute atomic E-state index is 10.5. The second kappa shape index (κ2) is 4.43. The molecule has 3 atom stereocenters. The van der Waals surface area contributed by atoms with E-state index in [1.54, 1.807) is 0 Å². The summed E-state index contributed by atoms with van der Waals surface area (Å²) in [5, 5.41) is 10.5. The van der Waals surface area contributed by atoms with Crippen LogP contribution in [-0.4, -0.2) is 45.8 Å². The van der Waals surface area contributed by atoms with Gasteiger partial charge in [-0.2, -0.15) is 0 Å². The van der Waals surface area contributed by atoms with E-state index in [1.807, 2.05) is 12.5 Å². The summed E-state index contributed by atoms with van der Waals surface area (Å²) in [6, 6.07) is 8.74. The minimum Gasteiger partial charge on any atom is -0.391 e. The molecule has 1 aromatic heterocycles. The summed E-state index contributed by atoms with van der Waals surface area (Å²) in [6.07, 6.45) is 4.58. The van der Waals surface area contributed by atoms with Crippen LogP contribution in [0.5, 0.6) is 0 Å². The van der Waals surface area contributed by atoms with Crippen LogP contribution in [0.2, 0.25) is 0 Å². The summed E-state index contributed by atoms with van der Waals surface area (Å²) in [5.74, 6) is 0.266. The van der Waals surface area contributed by atoms with E-state index >= 15 is 0 Å². The van der Waals surface area contributed by atoms with Crippen molar-refractivity contribution in [1.29, 1.82) is 0 Å². The van der Waals surface area contributed by atoms with E-state index in [9.17, 15) is 5.11 Å². The molecule has 4 rings (SSSR count). The van der Waals surface area contributed by atoms with Crippen LogP contribution in [-0.2, 0) is 0 Å². The number of aliphatic hydroxyl groups is 1. The van der Waals surface area contributed by atoms with Gasteiger partial charge in [-0.15, -0.1) is 0 Å². The Labute approximate surface area is 118 Å². The largest absolute Gasteiger partial charge is 0.391 e. The molecule has 1 fully saturated rings. The molecule has 1 N–H and O–H groups in total. The van der Waals surface area contributed by atoms with Gasteiger partial charge in [0.2, 0.25) is 0 Å². The van der Waals surface area contributed by atoms with Crippen molar-refractivity contribution in [3.63, 3.8) is 0 Å². The van der Waals surface area contributed by atoms with Gasteiger partial charge in [-0.3, -0.25) is 0 Å². The standard InChI is InChI=1S/C16H19N3O/c1-18-7-6-13(15(20)9-18)16-12-5-3-2-4-11(12)14-8-17-10-19(14)16/h2-5,8,10,13,15-16,20H,6-7,9H2,1H3/t13-,15-,16?/m0/s1. The second-order valence-corrected chi connectivity index (χ2v) is 6.00. The number of hydrogen-bond acceptors (Lipinski definition) is 3. The maximum atomic E-state index is 10.5. The van der Waals surface area contributed by atoms with E-state index in [-0.39, 0.29) is 18.1 Å². The number of aromatic nitrogens is 2. The molecule has 0 bridgehead atoms. The highest BCUT2D eigenvalue weighted by Crippen LogP contribution is 2.45. The number of benzene rings is 1. The number of fused-ring (bicyclic) bond motifs is 3. The summed E-state index contributed by atoms with van der Waals surface area (Å²) in [7, 11) is 2.07. The number of likely N-dealkylation sites (N-methyl/N-ethyl adjacent to an activating group) is 1. The predicted octanol–water partition coefficient (Wildman–Crippen LogP) is 1.77. The molecule has 3 heterocycles. The van der Waals surface area contributed by atoms with Gasteiger partial charge in [0.05, 0.1) is 30.4 Å². The molecular formula is C16H19N3O. The van der Waals surface area contributed by atoms with Crippen molar-refractivity contribution in [2.24, 2.45) is 5.92 Å². The normalized spacial score (nSPS) is 29.2. The van der Waals surface area contributed by atoms with E-state index in [0.29, 0.717) is 0 Å². The third-order valence-corrected chi connectivity index (χ3v) is 4.76. The van der Waals surface area contributed by atoms with Gasteiger partial charge in [-0.05, 0) is 25.6 Å². The molecule has 0 radical (unpaired) electrons. The first-order chi connectivity index (χ1) is 9.75. The Kier molecular flexibility index (Phi) is 2.69. The summed E-state index contributed by atoms with van der Waals surface area (Å²) in [4.78, 5) is 6.50. The quantitative estimate of drug-likeness (QED) is 0.858. The third kappa shape index (κ3) is 1.65. The molecule has 20 heavy (non-hydrogen) atoms. The van der Waals surface area contributed by atoms with Crippen molar-refractivity contribution >= 4 is 0 Å². The van der Waals surface area contributed by atoms with Crippen molar-refractivity contribution in [2.45, 2.75) is 18.6 Å².